The topological polar surface area (TPSA) is 101 Å². The molecule has 1 aliphatic heterocycles. The van der Waals surface area contributed by atoms with E-state index < -0.39 is 11.2 Å². The smallest absolute Gasteiger partial charge is 0.328 e. The van der Waals surface area contributed by atoms with Crippen LogP contribution >= 0.6 is 0 Å². The molecule has 27 heavy (non-hydrogen) atoms. The number of aromatic amines is 1. The SMILES string of the molecule is Cc1cn(CC(=O)N2CCC[C@@H](c3nc4ccccc4o3)C2)c(=O)[nH]c1=O. The fourth-order valence-corrected chi connectivity index (χ4v) is 3.45. The van der Waals surface area contributed by atoms with Crippen molar-refractivity contribution < 1.29 is 9.21 Å². The van der Waals surface area contributed by atoms with Crippen LogP contribution in [-0.4, -0.2) is 38.4 Å². The maximum atomic E-state index is 12.7. The number of H-pyrrole nitrogens is 1. The molecule has 1 aliphatic rings. The number of carbonyl (C=O) groups is 1. The van der Waals surface area contributed by atoms with Crippen LogP contribution in [0.2, 0.25) is 0 Å². The second kappa shape index (κ2) is 6.86. The van der Waals surface area contributed by atoms with E-state index in [1.54, 1.807) is 11.8 Å². The Bertz CT molecular complexity index is 1080. The zero-order valence-electron chi connectivity index (χ0n) is 15.0. The van der Waals surface area contributed by atoms with Gasteiger partial charge in [-0.25, -0.2) is 9.78 Å². The first kappa shape index (κ1) is 17.3. The number of aromatic nitrogens is 3. The number of benzene rings is 1. The minimum atomic E-state index is -0.577. The van der Waals surface area contributed by atoms with Crippen LogP contribution in [0, 0.1) is 6.92 Å². The summed E-state index contributed by atoms with van der Waals surface area (Å²) in [6, 6.07) is 7.59. The Balaban J connectivity index is 1.51. The summed E-state index contributed by atoms with van der Waals surface area (Å²) in [5.41, 5.74) is 0.937. The first-order valence-corrected chi connectivity index (χ1v) is 8.95. The van der Waals surface area contributed by atoms with Crippen LogP contribution in [0.5, 0.6) is 0 Å². The normalized spacial score (nSPS) is 17.4. The third-order valence-corrected chi connectivity index (χ3v) is 4.93. The maximum Gasteiger partial charge on any atom is 0.328 e. The Morgan fingerprint density at radius 1 is 1.33 bits per heavy atom. The fourth-order valence-electron chi connectivity index (χ4n) is 3.45. The van der Waals surface area contributed by atoms with Gasteiger partial charge in [-0.05, 0) is 31.9 Å². The molecule has 1 atom stereocenters. The summed E-state index contributed by atoms with van der Waals surface area (Å²) < 4.78 is 7.10. The number of hydrogen-bond donors (Lipinski definition) is 1. The van der Waals surface area contributed by atoms with Gasteiger partial charge in [0.15, 0.2) is 11.5 Å². The highest BCUT2D eigenvalue weighted by Crippen LogP contribution is 2.29. The largest absolute Gasteiger partial charge is 0.440 e. The van der Waals surface area contributed by atoms with Gasteiger partial charge in [0.2, 0.25) is 5.91 Å². The molecule has 8 nitrogen and oxygen atoms in total. The first-order chi connectivity index (χ1) is 13.0. The average Bonchev–Trinajstić information content (AvgIpc) is 3.10. The Labute approximate surface area is 154 Å². The third-order valence-electron chi connectivity index (χ3n) is 4.93. The number of para-hydroxylation sites is 2. The third kappa shape index (κ3) is 3.42. The minimum Gasteiger partial charge on any atom is -0.440 e. The molecule has 0 aliphatic carbocycles. The number of rotatable bonds is 3. The van der Waals surface area contributed by atoms with Crippen molar-refractivity contribution in [3.8, 4) is 0 Å². The molecular weight excluding hydrogens is 348 g/mol. The minimum absolute atomic E-state index is 0.0316. The van der Waals surface area contributed by atoms with E-state index in [0.717, 1.165) is 23.9 Å². The van der Waals surface area contributed by atoms with Gasteiger partial charge in [0.25, 0.3) is 5.56 Å². The Morgan fingerprint density at radius 2 is 2.15 bits per heavy atom. The van der Waals surface area contributed by atoms with Gasteiger partial charge in [0.05, 0.1) is 5.92 Å². The van der Waals surface area contributed by atoms with E-state index in [1.807, 2.05) is 24.3 Å². The quantitative estimate of drug-likeness (QED) is 0.753. The molecule has 4 rings (SSSR count). The highest BCUT2D eigenvalue weighted by Gasteiger charge is 2.28. The van der Waals surface area contributed by atoms with Crippen molar-refractivity contribution in [1.29, 1.82) is 0 Å². The summed E-state index contributed by atoms with van der Waals surface area (Å²) in [6.45, 7) is 2.63. The van der Waals surface area contributed by atoms with Gasteiger partial charge in [0, 0.05) is 24.8 Å². The van der Waals surface area contributed by atoms with Crippen molar-refractivity contribution in [3.63, 3.8) is 0 Å². The van der Waals surface area contributed by atoms with Gasteiger partial charge in [0.1, 0.15) is 12.1 Å². The van der Waals surface area contributed by atoms with Crippen molar-refractivity contribution in [2.24, 2.45) is 0 Å². The van der Waals surface area contributed by atoms with Gasteiger partial charge in [-0.3, -0.25) is 19.1 Å². The second-order valence-corrected chi connectivity index (χ2v) is 6.90. The second-order valence-electron chi connectivity index (χ2n) is 6.90. The molecule has 0 radical (unpaired) electrons. The summed E-state index contributed by atoms with van der Waals surface area (Å²) in [5.74, 6) is 0.513. The van der Waals surface area contributed by atoms with Crippen LogP contribution in [0.3, 0.4) is 0 Å². The number of aryl methyl sites for hydroxylation is 1. The van der Waals surface area contributed by atoms with Crippen molar-refractivity contribution in [2.45, 2.75) is 32.2 Å². The molecule has 140 valence electrons. The van der Waals surface area contributed by atoms with E-state index in [4.69, 9.17) is 4.42 Å². The predicted molar refractivity (Wildman–Crippen MR) is 98.6 cm³/mol. The zero-order valence-corrected chi connectivity index (χ0v) is 15.0. The lowest BCUT2D eigenvalue weighted by molar-refractivity contribution is -0.133. The summed E-state index contributed by atoms with van der Waals surface area (Å²) in [5, 5.41) is 0. The zero-order chi connectivity index (χ0) is 19.0. The maximum absolute atomic E-state index is 12.7. The Kier molecular flexibility index (Phi) is 4.39. The van der Waals surface area contributed by atoms with Crippen LogP contribution in [0.25, 0.3) is 11.1 Å². The summed E-state index contributed by atoms with van der Waals surface area (Å²) >= 11 is 0. The molecule has 3 heterocycles. The van der Waals surface area contributed by atoms with Crippen LogP contribution in [0.4, 0.5) is 0 Å². The average molecular weight is 368 g/mol. The lowest BCUT2D eigenvalue weighted by atomic mass is 9.98. The molecule has 0 spiro atoms. The van der Waals surface area contributed by atoms with Gasteiger partial charge in [-0.1, -0.05) is 12.1 Å². The van der Waals surface area contributed by atoms with E-state index in [-0.39, 0.29) is 18.4 Å². The number of oxazole rings is 1. The molecule has 1 fully saturated rings. The number of nitrogens with one attached hydrogen (secondary N) is 1. The number of piperidine rings is 1. The number of amides is 1. The highest BCUT2D eigenvalue weighted by molar-refractivity contribution is 5.76. The van der Waals surface area contributed by atoms with Crippen LogP contribution in [0.1, 0.15) is 30.2 Å². The van der Waals surface area contributed by atoms with Gasteiger partial charge >= 0.3 is 5.69 Å². The van der Waals surface area contributed by atoms with Crippen LogP contribution in [0.15, 0.2) is 44.5 Å². The molecule has 1 aromatic carbocycles. The van der Waals surface area contributed by atoms with Crippen molar-refractivity contribution in [3.05, 3.63) is 62.8 Å². The van der Waals surface area contributed by atoms with Crippen LogP contribution < -0.4 is 11.2 Å². The van der Waals surface area contributed by atoms with E-state index >= 15 is 0 Å². The fraction of sp³-hybridized carbons (Fsp3) is 0.368. The molecule has 0 saturated carbocycles. The molecule has 8 heteroatoms. The van der Waals surface area contributed by atoms with Gasteiger partial charge < -0.3 is 9.32 Å². The van der Waals surface area contributed by atoms with Crippen molar-refractivity contribution in [1.82, 2.24) is 19.4 Å². The standard InChI is InChI=1S/C19H20N4O4/c1-12-9-23(19(26)21-17(12)25)11-16(24)22-8-4-5-13(10-22)18-20-14-6-2-3-7-15(14)27-18/h2-3,6-7,9,13H,4-5,8,10-11H2,1H3,(H,21,25,26)/t13-/m1/s1. The van der Waals surface area contributed by atoms with E-state index in [9.17, 15) is 14.4 Å². The number of nitrogens with zero attached hydrogens (tertiary/aromatic N) is 3. The lowest BCUT2D eigenvalue weighted by Gasteiger charge is -2.31. The molecule has 2 aromatic heterocycles. The Morgan fingerprint density at radius 3 is 2.96 bits per heavy atom. The van der Waals surface area contributed by atoms with Gasteiger partial charge in [-0.15, -0.1) is 0 Å². The molecular formula is C19H20N4O4. The summed E-state index contributed by atoms with van der Waals surface area (Å²) in [6.07, 6.45) is 3.16. The molecule has 0 unspecified atom stereocenters. The first-order valence-electron chi connectivity index (χ1n) is 8.95. The highest BCUT2D eigenvalue weighted by atomic mass is 16.3. The molecule has 0 bridgehead atoms. The number of hydrogen-bond acceptors (Lipinski definition) is 5. The lowest BCUT2D eigenvalue weighted by Crippen LogP contribution is -2.43. The van der Waals surface area contributed by atoms with E-state index in [1.165, 1.54) is 10.8 Å². The van der Waals surface area contributed by atoms with Crippen LogP contribution in [-0.2, 0) is 11.3 Å². The number of likely N-dealkylation sites (tertiary alicyclic amines) is 1. The van der Waals surface area contributed by atoms with Gasteiger partial charge in [-0.2, -0.15) is 0 Å². The molecule has 3 aromatic rings. The number of carbonyl (C=O) groups excluding carboxylic acids is 1. The van der Waals surface area contributed by atoms with E-state index in [2.05, 4.69) is 9.97 Å². The van der Waals surface area contributed by atoms with Crippen molar-refractivity contribution >= 4 is 17.0 Å². The number of fused-ring (bicyclic) bond motifs is 1. The Hall–Kier alpha value is -3.16. The summed E-state index contributed by atoms with van der Waals surface area (Å²) in [4.78, 5) is 44.6. The van der Waals surface area contributed by atoms with Crippen molar-refractivity contribution in [2.75, 3.05) is 13.1 Å². The predicted octanol–water partition coefficient (Wildman–Crippen LogP) is 1.39. The molecule has 1 N–H and O–H groups in total. The monoisotopic (exact) mass is 368 g/mol. The summed E-state index contributed by atoms with van der Waals surface area (Å²) in [7, 11) is 0. The molecule has 1 saturated heterocycles. The molecule has 1 amide bonds. The van der Waals surface area contributed by atoms with E-state index in [0.29, 0.717) is 24.5 Å².